The van der Waals surface area contributed by atoms with Crippen molar-refractivity contribution in [1.82, 2.24) is 9.78 Å². The average Bonchev–Trinajstić information content (AvgIpc) is 3.22. The molecule has 0 radical (unpaired) electrons. The van der Waals surface area contributed by atoms with Crippen LogP contribution in [0.2, 0.25) is 0 Å². The van der Waals surface area contributed by atoms with Crippen LogP contribution in [0.4, 0.5) is 0 Å². The van der Waals surface area contributed by atoms with Crippen molar-refractivity contribution >= 4 is 5.97 Å². The Bertz CT molecular complexity index is 1050. The number of esters is 1. The molecule has 4 heteroatoms. The van der Waals surface area contributed by atoms with Crippen LogP contribution in [0.15, 0.2) is 66.9 Å². The largest absolute Gasteiger partial charge is 0.460 e. The van der Waals surface area contributed by atoms with Crippen molar-refractivity contribution in [3.8, 4) is 16.9 Å². The van der Waals surface area contributed by atoms with Gasteiger partial charge in [-0.1, -0.05) is 48.5 Å². The zero-order chi connectivity index (χ0) is 20.8. The summed E-state index contributed by atoms with van der Waals surface area (Å²) in [5.74, 6) is 2.23. The Labute approximate surface area is 183 Å². The van der Waals surface area contributed by atoms with E-state index in [1.54, 1.807) is 0 Å². The predicted octanol–water partition coefficient (Wildman–Crippen LogP) is 5.80. The van der Waals surface area contributed by atoms with Crippen LogP contribution >= 0.6 is 0 Å². The van der Waals surface area contributed by atoms with Crippen molar-refractivity contribution < 1.29 is 9.53 Å². The van der Waals surface area contributed by atoms with Crippen molar-refractivity contribution in [3.05, 3.63) is 72.4 Å². The minimum absolute atomic E-state index is 0.0260. The Balaban J connectivity index is 1.27. The highest BCUT2D eigenvalue weighted by Gasteiger charge is 2.55. The number of rotatable bonds is 5. The molecular formula is C27H28N2O2. The number of para-hydroxylation sites is 1. The van der Waals surface area contributed by atoms with Gasteiger partial charge in [0, 0.05) is 17.3 Å². The highest BCUT2D eigenvalue weighted by molar-refractivity contribution is 5.78. The highest BCUT2D eigenvalue weighted by atomic mass is 16.5. The summed E-state index contributed by atoms with van der Waals surface area (Å²) in [7, 11) is 0. The normalized spacial score (nSPS) is 28.6. The summed E-state index contributed by atoms with van der Waals surface area (Å²) in [6, 6.07) is 20.2. The summed E-state index contributed by atoms with van der Waals surface area (Å²) in [5, 5.41) is 4.85. The van der Waals surface area contributed by atoms with Gasteiger partial charge in [0.25, 0.3) is 0 Å². The maximum atomic E-state index is 13.3. The maximum Gasteiger partial charge on any atom is 0.312 e. The fraction of sp³-hybridized carbons (Fsp3) is 0.407. The third kappa shape index (κ3) is 3.38. The first-order valence-electron chi connectivity index (χ1n) is 11.6. The van der Waals surface area contributed by atoms with Gasteiger partial charge >= 0.3 is 5.97 Å². The first-order chi connectivity index (χ1) is 15.2. The number of aromatic nitrogens is 2. The van der Waals surface area contributed by atoms with Crippen molar-refractivity contribution in [2.75, 3.05) is 0 Å². The molecule has 4 aliphatic carbocycles. The Hall–Kier alpha value is -2.88. The summed E-state index contributed by atoms with van der Waals surface area (Å²) in [5.41, 5.74) is 3.64. The molecule has 4 bridgehead atoms. The molecule has 0 atom stereocenters. The molecule has 3 aromatic rings. The highest BCUT2D eigenvalue weighted by Crippen LogP contribution is 2.60. The number of hydrogen-bond donors (Lipinski definition) is 0. The van der Waals surface area contributed by atoms with Crippen LogP contribution in [0.5, 0.6) is 0 Å². The van der Waals surface area contributed by atoms with Gasteiger partial charge in [-0.15, -0.1) is 0 Å². The lowest BCUT2D eigenvalue weighted by molar-refractivity contribution is -0.172. The topological polar surface area (TPSA) is 44.1 Å². The lowest BCUT2D eigenvalue weighted by Crippen LogP contribution is -2.50. The lowest BCUT2D eigenvalue weighted by atomic mass is 9.49. The van der Waals surface area contributed by atoms with Crippen LogP contribution in [0.1, 0.15) is 44.1 Å². The summed E-state index contributed by atoms with van der Waals surface area (Å²) >= 11 is 0. The molecule has 2 aromatic carbocycles. The number of carbonyl (C=O) groups is 1. The van der Waals surface area contributed by atoms with Gasteiger partial charge in [-0.3, -0.25) is 4.79 Å². The minimum atomic E-state index is -0.225. The first kappa shape index (κ1) is 18.9. The molecule has 0 amide bonds. The van der Waals surface area contributed by atoms with E-state index in [1.807, 2.05) is 59.4 Å². The number of carbonyl (C=O) groups excluding carboxylic acids is 1. The first-order valence-corrected chi connectivity index (χ1v) is 11.6. The number of hydrogen-bond acceptors (Lipinski definition) is 3. The zero-order valence-electron chi connectivity index (χ0n) is 17.7. The van der Waals surface area contributed by atoms with Gasteiger partial charge in [-0.05, 0) is 68.4 Å². The third-order valence-electron chi connectivity index (χ3n) is 7.69. The monoisotopic (exact) mass is 412 g/mol. The summed E-state index contributed by atoms with van der Waals surface area (Å²) < 4.78 is 7.92. The van der Waals surface area contributed by atoms with Crippen molar-refractivity contribution in [3.63, 3.8) is 0 Å². The minimum Gasteiger partial charge on any atom is -0.460 e. The Morgan fingerprint density at radius 3 is 2.10 bits per heavy atom. The van der Waals surface area contributed by atoms with E-state index in [1.165, 1.54) is 19.3 Å². The summed E-state index contributed by atoms with van der Waals surface area (Å²) in [6.45, 7) is 0.275. The lowest BCUT2D eigenvalue weighted by Gasteiger charge is -2.55. The molecule has 0 unspecified atom stereocenters. The second-order valence-corrected chi connectivity index (χ2v) is 9.92. The Kier molecular flexibility index (Phi) is 4.48. The summed E-state index contributed by atoms with van der Waals surface area (Å²) in [6.07, 6.45) is 9.09. The zero-order valence-corrected chi connectivity index (χ0v) is 17.7. The number of benzene rings is 2. The van der Waals surface area contributed by atoms with Gasteiger partial charge in [0.1, 0.15) is 6.61 Å². The molecule has 1 heterocycles. The third-order valence-corrected chi connectivity index (χ3v) is 7.69. The number of ether oxygens (including phenoxy) is 1. The SMILES string of the molecule is O=C(OCc1cn(-c2ccccc2)nc1-c1ccccc1)C12CC3CC(CC(C3)C1)C2. The quantitative estimate of drug-likeness (QED) is 0.498. The second-order valence-electron chi connectivity index (χ2n) is 9.92. The molecule has 0 spiro atoms. The van der Waals surface area contributed by atoms with E-state index in [0.29, 0.717) is 0 Å². The molecule has 0 N–H and O–H groups in total. The molecule has 31 heavy (non-hydrogen) atoms. The van der Waals surface area contributed by atoms with Crippen molar-refractivity contribution in [2.24, 2.45) is 23.2 Å². The van der Waals surface area contributed by atoms with Crippen LogP contribution in [0.25, 0.3) is 16.9 Å². The molecule has 4 aliphatic rings. The van der Waals surface area contributed by atoms with E-state index in [4.69, 9.17) is 9.84 Å². The van der Waals surface area contributed by atoms with Gasteiger partial charge < -0.3 is 4.74 Å². The van der Waals surface area contributed by atoms with Crippen LogP contribution in [-0.4, -0.2) is 15.7 Å². The molecule has 158 valence electrons. The molecule has 0 saturated heterocycles. The standard InChI is InChI=1S/C27H28N2O2/c30-26(27-14-19-11-20(15-27)13-21(12-19)16-27)31-18-23-17-29(24-9-5-2-6-10-24)28-25(23)22-7-3-1-4-8-22/h1-10,17,19-21H,11-16,18H2. The van der Waals surface area contributed by atoms with E-state index in [0.717, 1.165) is 59.5 Å². The fourth-order valence-corrected chi connectivity index (χ4v) is 6.72. The molecule has 4 saturated carbocycles. The van der Waals surface area contributed by atoms with E-state index in [9.17, 15) is 4.79 Å². The van der Waals surface area contributed by atoms with Gasteiger partial charge in [0.2, 0.25) is 0 Å². The summed E-state index contributed by atoms with van der Waals surface area (Å²) in [4.78, 5) is 13.3. The van der Waals surface area contributed by atoms with Crippen LogP contribution in [0.3, 0.4) is 0 Å². The molecular weight excluding hydrogens is 384 g/mol. The van der Waals surface area contributed by atoms with Gasteiger partial charge in [-0.2, -0.15) is 5.10 Å². The Morgan fingerprint density at radius 1 is 0.903 bits per heavy atom. The van der Waals surface area contributed by atoms with Crippen LogP contribution in [0, 0.1) is 23.2 Å². The van der Waals surface area contributed by atoms with Crippen LogP contribution in [-0.2, 0) is 16.1 Å². The average molecular weight is 413 g/mol. The molecule has 4 fully saturated rings. The molecule has 7 rings (SSSR count). The van der Waals surface area contributed by atoms with Gasteiger partial charge in [-0.25, -0.2) is 4.68 Å². The van der Waals surface area contributed by atoms with E-state index < -0.39 is 0 Å². The van der Waals surface area contributed by atoms with E-state index in [-0.39, 0.29) is 18.0 Å². The van der Waals surface area contributed by atoms with Crippen molar-refractivity contribution in [1.29, 1.82) is 0 Å². The second kappa shape index (κ2) is 7.37. The van der Waals surface area contributed by atoms with E-state index >= 15 is 0 Å². The fourth-order valence-electron chi connectivity index (χ4n) is 6.72. The number of nitrogens with zero attached hydrogens (tertiary/aromatic N) is 2. The molecule has 4 nitrogen and oxygen atoms in total. The van der Waals surface area contributed by atoms with Gasteiger partial charge in [0.15, 0.2) is 0 Å². The molecule has 1 aromatic heterocycles. The smallest absolute Gasteiger partial charge is 0.312 e. The predicted molar refractivity (Wildman–Crippen MR) is 119 cm³/mol. The van der Waals surface area contributed by atoms with Crippen molar-refractivity contribution in [2.45, 2.75) is 45.1 Å². The Morgan fingerprint density at radius 2 is 1.48 bits per heavy atom. The maximum absolute atomic E-state index is 13.3. The van der Waals surface area contributed by atoms with Gasteiger partial charge in [0.05, 0.1) is 16.8 Å². The van der Waals surface area contributed by atoms with E-state index in [2.05, 4.69) is 12.1 Å². The molecule has 0 aliphatic heterocycles. The van der Waals surface area contributed by atoms with Crippen LogP contribution < -0.4 is 0 Å².